The maximum atomic E-state index is 12.3. The number of carboxylic acids is 1. The van der Waals surface area contributed by atoms with Crippen LogP contribution in [0.1, 0.15) is 64.1 Å². The van der Waals surface area contributed by atoms with Crippen LogP contribution in [0.4, 0.5) is 0 Å². The van der Waals surface area contributed by atoms with E-state index in [4.69, 9.17) is 0 Å². The van der Waals surface area contributed by atoms with Crippen molar-refractivity contribution in [1.29, 1.82) is 0 Å². The number of hydrogen-bond donors (Lipinski definition) is 2. The maximum absolute atomic E-state index is 12.3. The van der Waals surface area contributed by atoms with Gasteiger partial charge < -0.3 is 10.2 Å². The van der Waals surface area contributed by atoms with Gasteiger partial charge in [0.15, 0.2) is 5.60 Å². The standard InChI is InChI=1S/C20H28N2O3/c1-19(20(25,18(23)24)15-8-3-2-4-9-15)11-6-5-10-16(19)14-17-21-12-7-13-22-17/h7,10,12-13,15,25H,2-6,8-9,11,14H2,1H3,(H,23,24). The summed E-state index contributed by atoms with van der Waals surface area (Å²) < 4.78 is 0. The van der Waals surface area contributed by atoms with Crippen LogP contribution in [0.2, 0.25) is 0 Å². The lowest BCUT2D eigenvalue weighted by Gasteiger charge is -2.50. The van der Waals surface area contributed by atoms with Crippen LogP contribution in [-0.4, -0.2) is 31.8 Å². The average molecular weight is 344 g/mol. The number of aromatic nitrogens is 2. The Morgan fingerprint density at radius 1 is 1.24 bits per heavy atom. The molecule has 2 aliphatic rings. The minimum atomic E-state index is -1.73. The normalized spacial score (nSPS) is 27.4. The predicted molar refractivity (Wildman–Crippen MR) is 94.9 cm³/mol. The molecule has 2 N–H and O–H groups in total. The van der Waals surface area contributed by atoms with Crippen molar-refractivity contribution in [3.63, 3.8) is 0 Å². The molecular weight excluding hydrogens is 316 g/mol. The van der Waals surface area contributed by atoms with E-state index in [2.05, 4.69) is 16.0 Å². The Balaban J connectivity index is 1.97. The van der Waals surface area contributed by atoms with Gasteiger partial charge in [0, 0.05) is 24.2 Å². The fourth-order valence-corrected chi connectivity index (χ4v) is 4.79. The zero-order valence-electron chi connectivity index (χ0n) is 14.9. The molecule has 1 saturated carbocycles. The molecule has 5 nitrogen and oxygen atoms in total. The Morgan fingerprint density at radius 3 is 2.56 bits per heavy atom. The molecule has 2 atom stereocenters. The number of carbonyl (C=O) groups is 1. The molecule has 1 aromatic heterocycles. The number of rotatable bonds is 5. The van der Waals surface area contributed by atoms with Gasteiger partial charge in [-0.25, -0.2) is 14.8 Å². The van der Waals surface area contributed by atoms with Crippen molar-refractivity contribution in [2.45, 2.75) is 70.3 Å². The number of aliphatic hydroxyl groups is 1. The second-order valence-corrected chi connectivity index (χ2v) is 7.70. The van der Waals surface area contributed by atoms with E-state index in [-0.39, 0.29) is 5.92 Å². The Labute approximate surface area is 149 Å². The maximum Gasteiger partial charge on any atom is 0.336 e. The van der Waals surface area contributed by atoms with E-state index in [0.29, 0.717) is 18.7 Å². The van der Waals surface area contributed by atoms with E-state index in [1.165, 1.54) is 0 Å². The summed E-state index contributed by atoms with van der Waals surface area (Å²) in [6.45, 7) is 1.93. The number of carboxylic acid groups (broad SMARTS) is 1. The van der Waals surface area contributed by atoms with Crippen LogP contribution in [0.3, 0.4) is 0 Å². The minimum Gasteiger partial charge on any atom is -0.479 e. The smallest absolute Gasteiger partial charge is 0.336 e. The third kappa shape index (κ3) is 3.22. The van der Waals surface area contributed by atoms with Gasteiger partial charge in [0.25, 0.3) is 0 Å². The molecule has 0 amide bonds. The van der Waals surface area contributed by atoms with Gasteiger partial charge in [0.1, 0.15) is 5.82 Å². The number of allylic oxidation sites excluding steroid dienone is 1. The molecule has 3 rings (SSSR count). The predicted octanol–water partition coefficient (Wildman–Crippen LogP) is 3.53. The van der Waals surface area contributed by atoms with Crippen LogP contribution in [-0.2, 0) is 11.2 Å². The zero-order valence-corrected chi connectivity index (χ0v) is 14.9. The van der Waals surface area contributed by atoms with E-state index in [9.17, 15) is 15.0 Å². The van der Waals surface area contributed by atoms with E-state index >= 15 is 0 Å². The topological polar surface area (TPSA) is 83.3 Å². The van der Waals surface area contributed by atoms with Gasteiger partial charge in [-0.05, 0) is 44.1 Å². The van der Waals surface area contributed by atoms with Crippen molar-refractivity contribution < 1.29 is 15.0 Å². The molecule has 0 spiro atoms. The Kier molecular flexibility index (Phi) is 5.23. The van der Waals surface area contributed by atoms with Crippen LogP contribution in [0.15, 0.2) is 30.1 Å². The minimum absolute atomic E-state index is 0.193. The van der Waals surface area contributed by atoms with Gasteiger partial charge in [0.2, 0.25) is 0 Å². The van der Waals surface area contributed by atoms with Gasteiger partial charge in [-0.1, -0.05) is 37.8 Å². The molecule has 2 aliphatic carbocycles. The van der Waals surface area contributed by atoms with Crippen molar-refractivity contribution in [3.05, 3.63) is 35.9 Å². The second kappa shape index (κ2) is 7.24. The molecule has 136 valence electrons. The molecule has 0 bridgehead atoms. The molecule has 2 unspecified atom stereocenters. The molecule has 5 heteroatoms. The number of hydrogen-bond acceptors (Lipinski definition) is 4. The molecule has 0 saturated heterocycles. The third-order valence-corrected chi connectivity index (χ3v) is 6.31. The van der Waals surface area contributed by atoms with Crippen LogP contribution in [0, 0.1) is 11.3 Å². The fourth-order valence-electron chi connectivity index (χ4n) is 4.79. The van der Waals surface area contributed by atoms with E-state index in [0.717, 1.165) is 50.5 Å². The largest absolute Gasteiger partial charge is 0.479 e. The van der Waals surface area contributed by atoms with Gasteiger partial charge in [0.05, 0.1) is 0 Å². The van der Waals surface area contributed by atoms with Crippen LogP contribution >= 0.6 is 0 Å². The van der Waals surface area contributed by atoms with Gasteiger partial charge in [-0.15, -0.1) is 0 Å². The summed E-state index contributed by atoms with van der Waals surface area (Å²) >= 11 is 0. The second-order valence-electron chi connectivity index (χ2n) is 7.70. The monoisotopic (exact) mass is 344 g/mol. The van der Waals surface area contributed by atoms with E-state index in [1.807, 2.05) is 6.92 Å². The summed E-state index contributed by atoms with van der Waals surface area (Å²) in [7, 11) is 0. The van der Waals surface area contributed by atoms with Crippen LogP contribution in [0.25, 0.3) is 0 Å². The number of aliphatic carboxylic acids is 1. The van der Waals surface area contributed by atoms with Crippen LogP contribution < -0.4 is 0 Å². The van der Waals surface area contributed by atoms with E-state index < -0.39 is 17.0 Å². The molecule has 0 aliphatic heterocycles. The summed E-state index contributed by atoms with van der Waals surface area (Å²) in [6, 6.07) is 1.77. The molecule has 0 aromatic carbocycles. The average Bonchev–Trinajstić information content (AvgIpc) is 2.64. The summed E-state index contributed by atoms with van der Waals surface area (Å²) in [4.78, 5) is 20.9. The Bertz CT molecular complexity index is 640. The van der Waals surface area contributed by atoms with E-state index in [1.54, 1.807) is 18.5 Å². The first-order valence-corrected chi connectivity index (χ1v) is 9.39. The molecule has 1 heterocycles. The Morgan fingerprint density at radius 2 is 1.92 bits per heavy atom. The molecular formula is C20H28N2O3. The summed E-state index contributed by atoms with van der Waals surface area (Å²) in [6.07, 6.45) is 13.2. The van der Waals surface area contributed by atoms with Crippen molar-refractivity contribution in [3.8, 4) is 0 Å². The highest BCUT2D eigenvalue weighted by molar-refractivity contribution is 5.80. The quantitative estimate of drug-likeness (QED) is 0.798. The first-order valence-electron chi connectivity index (χ1n) is 9.39. The highest BCUT2D eigenvalue weighted by atomic mass is 16.4. The highest BCUT2D eigenvalue weighted by Crippen LogP contribution is 2.52. The lowest BCUT2D eigenvalue weighted by molar-refractivity contribution is -0.186. The van der Waals surface area contributed by atoms with Gasteiger partial charge >= 0.3 is 5.97 Å². The first kappa shape index (κ1) is 18.1. The van der Waals surface area contributed by atoms with Gasteiger partial charge in [-0.2, -0.15) is 0 Å². The lowest BCUT2D eigenvalue weighted by Crippen LogP contribution is -2.59. The summed E-state index contributed by atoms with van der Waals surface area (Å²) in [5.41, 5.74) is -1.53. The molecule has 1 aromatic rings. The molecule has 25 heavy (non-hydrogen) atoms. The summed E-state index contributed by atoms with van der Waals surface area (Å²) in [5.74, 6) is -0.594. The molecule has 1 fully saturated rings. The van der Waals surface area contributed by atoms with Crippen LogP contribution in [0.5, 0.6) is 0 Å². The fraction of sp³-hybridized carbons (Fsp3) is 0.650. The number of nitrogens with zero attached hydrogens (tertiary/aromatic N) is 2. The third-order valence-electron chi connectivity index (χ3n) is 6.31. The molecule has 0 radical (unpaired) electrons. The zero-order chi connectivity index (χ0) is 17.9. The SMILES string of the molecule is CC1(C(O)(C(=O)O)C2CCCCC2)CCCC=C1Cc1ncccn1. The summed E-state index contributed by atoms with van der Waals surface area (Å²) in [5, 5.41) is 21.6. The Hall–Kier alpha value is -1.75. The van der Waals surface area contributed by atoms with Crippen molar-refractivity contribution >= 4 is 5.97 Å². The lowest BCUT2D eigenvalue weighted by atomic mass is 9.56. The van der Waals surface area contributed by atoms with Gasteiger partial charge in [-0.3, -0.25) is 0 Å². The highest BCUT2D eigenvalue weighted by Gasteiger charge is 2.59. The van der Waals surface area contributed by atoms with Crippen molar-refractivity contribution in [2.24, 2.45) is 11.3 Å². The van der Waals surface area contributed by atoms with Crippen molar-refractivity contribution in [2.75, 3.05) is 0 Å². The first-order chi connectivity index (χ1) is 12.0. The van der Waals surface area contributed by atoms with Crippen molar-refractivity contribution in [1.82, 2.24) is 9.97 Å².